The molecule has 2 rings (SSSR count). The second kappa shape index (κ2) is 3.97. The zero-order valence-corrected chi connectivity index (χ0v) is 9.63. The quantitative estimate of drug-likeness (QED) is 0.850. The lowest BCUT2D eigenvalue weighted by Gasteiger charge is -1.93. The van der Waals surface area contributed by atoms with Gasteiger partial charge >= 0.3 is 11.8 Å². The van der Waals surface area contributed by atoms with Crippen LogP contribution in [0.3, 0.4) is 0 Å². The Morgan fingerprint density at radius 3 is 2.53 bits per heavy atom. The minimum Gasteiger partial charge on any atom is -0.361 e. The number of carbonyl (C=O) groups excluding carboxylic acids is 1. The summed E-state index contributed by atoms with van der Waals surface area (Å²) in [6, 6.07) is 7.52. The fourth-order valence-electron chi connectivity index (χ4n) is 1.04. The fraction of sp³-hybridized carbons (Fsp3) is 0. The van der Waals surface area contributed by atoms with Crippen molar-refractivity contribution in [2.45, 2.75) is 0 Å². The van der Waals surface area contributed by atoms with Crippen LogP contribution in [0.25, 0.3) is 11.4 Å². The summed E-state index contributed by atoms with van der Waals surface area (Å²) in [6.45, 7) is 0. The van der Waals surface area contributed by atoms with Gasteiger partial charge in [-0.25, -0.2) is 0 Å². The van der Waals surface area contributed by atoms with Gasteiger partial charge < -0.3 is 10.3 Å². The highest BCUT2D eigenvalue weighted by atomic mass is 127. The third-order valence-corrected chi connectivity index (χ3v) is 2.46. The predicted octanol–water partition coefficient (Wildman–Crippen LogP) is 1.44. The van der Waals surface area contributed by atoms with E-state index in [0.717, 1.165) is 9.13 Å². The van der Waals surface area contributed by atoms with E-state index >= 15 is 0 Å². The maximum Gasteiger partial charge on any atom is 0.316 e. The summed E-state index contributed by atoms with van der Waals surface area (Å²) in [5.41, 5.74) is 5.78. The Morgan fingerprint density at radius 1 is 1.33 bits per heavy atom. The molecule has 0 bridgehead atoms. The first kappa shape index (κ1) is 10.1. The van der Waals surface area contributed by atoms with Gasteiger partial charge in [0.05, 0.1) is 0 Å². The van der Waals surface area contributed by atoms with Crippen LogP contribution in [0.4, 0.5) is 0 Å². The molecule has 0 saturated heterocycles. The molecule has 76 valence electrons. The topological polar surface area (TPSA) is 82.0 Å². The van der Waals surface area contributed by atoms with Gasteiger partial charge in [-0.05, 0) is 34.7 Å². The molecule has 0 aliphatic heterocycles. The third-order valence-electron chi connectivity index (χ3n) is 1.74. The molecule has 1 aromatic heterocycles. The number of primary amides is 1. The first-order valence-electron chi connectivity index (χ1n) is 4.06. The Bertz CT molecular complexity index is 492. The molecule has 1 aromatic carbocycles. The number of nitrogens with zero attached hydrogens (tertiary/aromatic N) is 2. The highest BCUT2D eigenvalue weighted by Gasteiger charge is 2.12. The Kier molecular flexibility index (Phi) is 2.67. The lowest BCUT2D eigenvalue weighted by Crippen LogP contribution is -2.10. The molecule has 0 radical (unpaired) electrons. The molecule has 15 heavy (non-hydrogen) atoms. The molecule has 0 saturated carbocycles. The highest BCUT2D eigenvalue weighted by Crippen LogP contribution is 2.16. The molecule has 0 atom stereocenters. The van der Waals surface area contributed by atoms with Gasteiger partial charge in [-0.15, -0.1) is 0 Å². The molecule has 2 aromatic rings. The van der Waals surface area contributed by atoms with E-state index in [9.17, 15) is 4.79 Å². The number of amides is 1. The average Bonchev–Trinajstić information content (AvgIpc) is 2.68. The Morgan fingerprint density at radius 2 is 2.00 bits per heavy atom. The third kappa shape index (κ3) is 2.14. The fourth-order valence-corrected chi connectivity index (χ4v) is 1.40. The largest absolute Gasteiger partial charge is 0.361 e. The minimum absolute atomic E-state index is 0.177. The van der Waals surface area contributed by atoms with Gasteiger partial charge in [-0.1, -0.05) is 17.3 Å². The monoisotopic (exact) mass is 315 g/mol. The summed E-state index contributed by atoms with van der Waals surface area (Å²) in [4.78, 5) is 14.6. The molecular formula is C9H6IN3O2. The van der Waals surface area contributed by atoms with Crippen LogP contribution in [-0.4, -0.2) is 16.0 Å². The highest BCUT2D eigenvalue weighted by molar-refractivity contribution is 14.1. The number of nitrogens with two attached hydrogens (primary N) is 1. The maximum atomic E-state index is 10.7. The Hall–Kier alpha value is -1.44. The van der Waals surface area contributed by atoms with Crippen molar-refractivity contribution in [1.82, 2.24) is 10.1 Å². The molecule has 5 nitrogen and oxygen atoms in total. The first-order chi connectivity index (χ1) is 7.16. The number of aromatic nitrogens is 2. The molecule has 1 amide bonds. The molecule has 0 aliphatic rings. The van der Waals surface area contributed by atoms with Crippen molar-refractivity contribution in [3.8, 4) is 11.4 Å². The summed E-state index contributed by atoms with van der Waals surface area (Å²) in [7, 11) is 0. The minimum atomic E-state index is -0.723. The molecule has 0 spiro atoms. The Balaban J connectivity index is 2.37. The second-order valence-electron chi connectivity index (χ2n) is 2.79. The SMILES string of the molecule is NC(=O)c1nc(-c2ccc(I)cc2)no1. The van der Waals surface area contributed by atoms with E-state index in [1.165, 1.54) is 0 Å². The van der Waals surface area contributed by atoms with Crippen LogP contribution >= 0.6 is 22.6 Å². The van der Waals surface area contributed by atoms with E-state index < -0.39 is 5.91 Å². The number of hydrogen-bond acceptors (Lipinski definition) is 4. The number of carbonyl (C=O) groups is 1. The summed E-state index contributed by atoms with van der Waals surface area (Å²) < 4.78 is 5.78. The van der Waals surface area contributed by atoms with Crippen LogP contribution < -0.4 is 5.73 Å². The van der Waals surface area contributed by atoms with E-state index in [1.807, 2.05) is 24.3 Å². The van der Waals surface area contributed by atoms with Crippen molar-refractivity contribution in [3.63, 3.8) is 0 Å². The molecular weight excluding hydrogens is 309 g/mol. The van der Waals surface area contributed by atoms with Crippen molar-refractivity contribution >= 4 is 28.5 Å². The van der Waals surface area contributed by atoms with E-state index in [2.05, 4.69) is 37.3 Å². The predicted molar refractivity (Wildman–Crippen MR) is 61.0 cm³/mol. The van der Waals surface area contributed by atoms with Crippen molar-refractivity contribution in [2.24, 2.45) is 5.73 Å². The van der Waals surface area contributed by atoms with Gasteiger partial charge in [0.2, 0.25) is 5.82 Å². The van der Waals surface area contributed by atoms with Crippen molar-refractivity contribution in [2.75, 3.05) is 0 Å². The van der Waals surface area contributed by atoms with Crippen molar-refractivity contribution in [3.05, 3.63) is 33.7 Å². The number of halogens is 1. The van der Waals surface area contributed by atoms with Gasteiger partial charge in [0, 0.05) is 9.13 Å². The lowest BCUT2D eigenvalue weighted by molar-refractivity contribution is 0.0958. The standard InChI is InChI=1S/C9H6IN3O2/c10-6-3-1-5(2-4-6)8-12-9(7(11)14)15-13-8/h1-4H,(H2,11,14). The van der Waals surface area contributed by atoms with Crippen LogP contribution in [0.2, 0.25) is 0 Å². The zero-order chi connectivity index (χ0) is 10.8. The molecule has 0 aliphatic carbocycles. The zero-order valence-electron chi connectivity index (χ0n) is 7.48. The van der Waals surface area contributed by atoms with Gasteiger partial charge in [-0.3, -0.25) is 4.79 Å². The van der Waals surface area contributed by atoms with Crippen molar-refractivity contribution in [1.29, 1.82) is 0 Å². The van der Waals surface area contributed by atoms with Gasteiger partial charge in [0.15, 0.2) is 0 Å². The molecule has 6 heteroatoms. The smallest absolute Gasteiger partial charge is 0.316 e. The first-order valence-corrected chi connectivity index (χ1v) is 5.14. The lowest BCUT2D eigenvalue weighted by atomic mass is 10.2. The van der Waals surface area contributed by atoms with E-state index in [4.69, 9.17) is 5.73 Å². The van der Waals surface area contributed by atoms with E-state index in [1.54, 1.807) is 0 Å². The van der Waals surface area contributed by atoms with Crippen LogP contribution in [0, 0.1) is 3.57 Å². The summed E-state index contributed by atoms with van der Waals surface area (Å²) >= 11 is 2.19. The normalized spacial score (nSPS) is 10.2. The van der Waals surface area contributed by atoms with Crippen LogP contribution in [0.15, 0.2) is 28.8 Å². The second-order valence-corrected chi connectivity index (χ2v) is 4.04. The van der Waals surface area contributed by atoms with E-state index in [0.29, 0.717) is 5.82 Å². The number of benzene rings is 1. The molecule has 0 unspecified atom stereocenters. The molecule has 0 fully saturated rings. The molecule has 2 N–H and O–H groups in total. The summed E-state index contributed by atoms with van der Waals surface area (Å²) in [5, 5.41) is 3.65. The average molecular weight is 315 g/mol. The summed E-state index contributed by atoms with van der Waals surface area (Å²) in [6.07, 6.45) is 0. The Labute approximate surface area is 98.8 Å². The maximum absolute atomic E-state index is 10.7. The molecule has 1 heterocycles. The number of rotatable bonds is 2. The van der Waals surface area contributed by atoms with Gasteiger partial charge in [0.25, 0.3) is 0 Å². The summed E-state index contributed by atoms with van der Waals surface area (Å²) in [5.74, 6) is -0.539. The van der Waals surface area contributed by atoms with Crippen LogP contribution in [0.5, 0.6) is 0 Å². The van der Waals surface area contributed by atoms with Crippen LogP contribution in [0.1, 0.15) is 10.7 Å². The number of hydrogen-bond donors (Lipinski definition) is 1. The van der Waals surface area contributed by atoms with Crippen LogP contribution in [-0.2, 0) is 0 Å². The van der Waals surface area contributed by atoms with Gasteiger partial charge in [0.1, 0.15) is 0 Å². The van der Waals surface area contributed by atoms with Gasteiger partial charge in [-0.2, -0.15) is 4.98 Å². The van der Waals surface area contributed by atoms with Crippen molar-refractivity contribution < 1.29 is 9.32 Å². The van der Waals surface area contributed by atoms with E-state index in [-0.39, 0.29) is 5.89 Å².